The van der Waals surface area contributed by atoms with E-state index < -0.39 is 0 Å². The summed E-state index contributed by atoms with van der Waals surface area (Å²) >= 11 is 0. The van der Waals surface area contributed by atoms with Gasteiger partial charge in [0.2, 0.25) is 0 Å². The van der Waals surface area contributed by atoms with E-state index in [1.165, 1.54) is 11.3 Å². The number of amides is 2. The fourth-order valence-corrected chi connectivity index (χ4v) is 2.89. The number of urea groups is 1. The van der Waals surface area contributed by atoms with Gasteiger partial charge in [-0.25, -0.2) is 4.79 Å². The van der Waals surface area contributed by atoms with Crippen LogP contribution in [0.4, 0.5) is 10.5 Å². The maximum absolute atomic E-state index is 12.0. The van der Waals surface area contributed by atoms with Crippen molar-refractivity contribution < 1.29 is 14.3 Å². The third kappa shape index (κ3) is 4.59. The van der Waals surface area contributed by atoms with Crippen molar-refractivity contribution in [1.29, 1.82) is 0 Å². The van der Waals surface area contributed by atoms with Gasteiger partial charge in [0.1, 0.15) is 0 Å². The standard InChI is InChI=1S/C17H25N3O3/c21-17(20-9-13-23-14-10-20)18-6-5-15-1-3-16(4-2-15)19-7-11-22-12-8-19/h1-4H,5-14H2,(H,18,21). The van der Waals surface area contributed by atoms with Gasteiger partial charge in [-0.05, 0) is 24.1 Å². The molecule has 0 atom stereocenters. The molecule has 0 radical (unpaired) electrons. The summed E-state index contributed by atoms with van der Waals surface area (Å²) in [5, 5.41) is 2.98. The molecule has 2 heterocycles. The van der Waals surface area contributed by atoms with Crippen LogP contribution in [0.2, 0.25) is 0 Å². The molecule has 0 bridgehead atoms. The second-order valence-corrected chi connectivity index (χ2v) is 5.85. The molecule has 1 N–H and O–H groups in total. The second kappa shape index (κ2) is 8.17. The first-order valence-corrected chi connectivity index (χ1v) is 8.35. The topological polar surface area (TPSA) is 54.0 Å². The molecule has 0 aliphatic carbocycles. The predicted molar refractivity (Wildman–Crippen MR) is 89.0 cm³/mol. The lowest BCUT2D eigenvalue weighted by atomic mass is 10.1. The first kappa shape index (κ1) is 16.1. The van der Waals surface area contributed by atoms with Crippen molar-refractivity contribution in [2.24, 2.45) is 0 Å². The molecule has 1 aromatic carbocycles. The number of hydrogen-bond acceptors (Lipinski definition) is 4. The largest absolute Gasteiger partial charge is 0.378 e. The molecular weight excluding hydrogens is 294 g/mol. The quantitative estimate of drug-likeness (QED) is 0.903. The Morgan fingerprint density at radius 3 is 2.22 bits per heavy atom. The van der Waals surface area contributed by atoms with Gasteiger partial charge in [-0.3, -0.25) is 0 Å². The van der Waals surface area contributed by atoms with Gasteiger partial charge in [0.05, 0.1) is 26.4 Å². The van der Waals surface area contributed by atoms with Gasteiger partial charge in [-0.1, -0.05) is 12.1 Å². The summed E-state index contributed by atoms with van der Waals surface area (Å²) < 4.78 is 10.6. The van der Waals surface area contributed by atoms with Crippen molar-refractivity contribution in [3.8, 4) is 0 Å². The predicted octanol–water partition coefficient (Wildman–Crippen LogP) is 1.11. The average molecular weight is 319 g/mol. The molecule has 0 saturated carbocycles. The lowest BCUT2D eigenvalue weighted by Crippen LogP contribution is -2.46. The Bertz CT molecular complexity index is 494. The lowest BCUT2D eigenvalue weighted by Gasteiger charge is -2.29. The molecule has 0 aromatic heterocycles. The van der Waals surface area contributed by atoms with Crippen LogP contribution in [0.15, 0.2) is 24.3 Å². The molecule has 3 rings (SSSR count). The lowest BCUT2D eigenvalue weighted by molar-refractivity contribution is 0.0533. The van der Waals surface area contributed by atoms with Gasteiger partial charge >= 0.3 is 6.03 Å². The van der Waals surface area contributed by atoms with Crippen LogP contribution in [0, 0.1) is 0 Å². The van der Waals surface area contributed by atoms with E-state index in [2.05, 4.69) is 34.5 Å². The maximum Gasteiger partial charge on any atom is 0.317 e. The highest BCUT2D eigenvalue weighted by Gasteiger charge is 2.16. The summed E-state index contributed by atoms with van der Waals surface area (Å²) in [4.78, 5) is 16.1. The van der Waals surface area contributed by atoms with E-state index in [9.17, 15) is 4.79 Å². The Balaban J connectivity index is 1.42. The summed E-state index contributed by atoms with van der Waals surface area (Å²) in [6.07, 6.45) is 0.847. The molecular formula is C17H25N3O3. The Kier molecular flexibility index (Phi) is 5.71. The molecule has 2 aliphatic heterocycles. The number of rotatable bonds is 4. The molecule has 2 fully saturated rings. The second-order valence-electron chi connectivity index (χ2n) is 5.85. The molecule has 23 heavy (non-hydrogen) atoms. The van der Waals surface area contributed by atoms with Crippen LogP contribution >= 0.6 is 0 Å². The van der Waals surface area contributed by atoms with Crippen molar-refractivity contribution in [3.05, 3.63) is 29.8 Å². The van der Waals surface area contributed by atoms with Crippen molar-refractivity contribution >= 4 is 11.7 Å². The van der Waals surface area contributed by atoms with Gasteiger partial charge in [0.15, 0.2) is 0 Å². The minimum Gasteiger partial charge on any atom is -0.378 e. The highest BCUT2D eigenvalue weighted by molar-refractivity contribution is 5.74. The van der Waals surface area contributed by atoms with E-state index in [1.54, 1.807) is 0 Å². The number of nitrogens with one attached hydrogen (secondary N) is 1. The fraction of sp³-hybridized carbons (Fsp3) is 0.588. The number of benzene rings is 1. The zero-order valence-electron chi connectivity index (χ0n) is 13.5. The molecule has 1 aromatic rings. The van der Waals surface area contributed by atoms with Gasteiger partial charge < -0.3 is 24.6 Å². The van der Waals surface area contributed by atoms with E-state index in [1.807, 2.05) is 4.90 Å². The van der Waals surface area contributed by atoms with E-state index >= 15 is 0 Å². The molecule has 2 aliphatic rings. The zero-order chi connectivity index (χ0) is 15.9. The SMILES string of the molecule is O=C(NCCc1ccc(N2CCOCC2)cc1)N1CCOCC1. The maximum atomic E-state index is 12.0. The van der Waals surface area contributed by atoms with E-state index in [0.717, 1.165) is 32.7 Å². The van der Waals surface area contributed by atoms with Gasteiger partial charge in [0, 0.05) is 38.4 Å². The fourth-order valence-electron chi connectivity index (χ4n) is 2.89. The Morgan fingerprint density at radius 2 is 1.57 bits per heavy atom. The van der Waals surface area contributed by atoms with Crippen molar-refractivity contribution in [2.75, 3.05) is 64.1 Å². The number of morpholine rings is 2. The van der Waals surface area contributed by atoms with Gasteiger partial charge in [-0.2, -0.15) is 0 Å². The normalized spacial score (nSPS) is 18.8. The smallest absolute Gasteiger partial charge is 0.317 e. The monoisotopic (exact) mass is 319 g/mol. The molecule has 6 heteroatoms. The van der Waals surface area contributed by atoms with Crippen LogP contribution in [0.3, 0.4) is 0 Å². The molecule has 0 unspecified atom stereocenters. The summed E-state index contributed by atoms with van der Waals surface area (Å²) in [5.41, 5.74) is 2.48. The van der Waals surface area contributed by atoms with Crippen molar-refractivity contribution in [3.63, 3.8) is 0 Å². The minimum atomic E-state index is 0.0123. The van der Waals surface area contributed by atoms with Gasteiger partial charge in [-0.15, -0.1) is 0 Å². The molecule has 126 valence electrons. The third-order valence-electron chi connectivity index (χ3n) is 4.30. The van der Waals surface area contributed by atoms with Crippen LogP contribution in [-0.2, 0) is 15.9 Å². The van der Waals surface area contributed by atoms with Crippen molar-refractivity contribution in [1.82, 2.24) is 10.2 Å². The third-order valence-corrected chi connectivity index (χ3v) is 4.30. The minimum absolute atomic E-state index is 0.0123. The van der Waals surface area contributed by atoms with Crippen molar-refractivity contribution in [2.45, 2.75) is 6.42 Å². The average Bonchev–Trinajstić information content (AvgIpc) is 2.64. The van der Waals surface area contributed by atoms with E-state index in [4.69, 9.17) is 9.47 Å². The van der Waals surface area contributed by atoms with Crippen LogP contribution in [0.25, 0.3) is 0 Å². The summed E-state index contributed by atoms with van der Waals surface area (Å²) in [5.74, 6) is 0. The highest BCUT2D eigenvalue weighted by Crippen LogP contribution is 2.16. The first-order chi connectivity index (χ1) is 11.3. The van der Waals surface area contributed by atoms with Crippen LogP contribution in [0.5, 0.6) is 0 Å². The number of ether oxygens (including phenoxy) is 2. The Labute approximate surface area is 137 Å². The van der Waals surface area contributed by atoms with Crippen LogP contribution in [-0.4, -0.2) is 70.1 Å². The molecule has 2 saturated heterocycles. The number of carbonyl (C=O) groups is 1. The Morgan fingerprint density at radius 1 is 0.957 bits per heavy atom. The highest BCUT2D eigenvalue weighted by atomic mass is 16.5. The number of carbonyl (C=O) groups excluding carboxylic acids is 1. The molecule has 0 spiro atoms. The number of hydrogen-bond donors (Lipinski definition) is 1. The van der Waals surface area contributed by atoms with E-state index in [-0.39, 0.29) is 6.03 Å². The molecule has 2 amide bonds. The first-order valence-electron chi connectivity index (χ1n) is 8.35. The van der Waals surface area contributed by atoms with Crippen LogP contribution < -0.4 is 10.2 Å². The van der Waals surface area contributed by atoms with E-state index in [0.29, 0.717) is 32.8 Å². The number of nitrogens with zero attached hydrogens (tertiary/aromatic N) is 2. The summed E-state index contributed by atoms with van der Waals surface area (Å²) in [7, 11) is 0. The Hall–Kier alpha value is -1.79. The summed E-state index contributed by atoms with van der Waals surface area (Å²) in [6, 6.07) is 8.62. The zero-order valence-corrected chi connectivity index (χ0v) is 13.5. The van der Waals surface area contributed by atoms with Crippen LogP contribution in [0.1, 0.15) is 5.56 Å². The molecule has 6 nitrogen and oxygen atoms in total. The van der Waals surface area contributed by atoms with Gasteiger partial charge in [0.25, 0.3) is 0 Å². The summed E-state index contributed by atoms with van der Waals surface area (Å²) in [6.45, 7) is 6.80. The number of anilines is 1.